The Morgan fingerprint density at radius 1 is 1.15 bits per heavy atom. The minimum absolute atomic E-state index is 0.00635. The van der Waals surface area contributed by atoms with E-state index in [0.29, 0.717) is 0 Å². The van der Waals surface area contributed by atoms with Crippen LogP contribution in [-0.2, 0) is 10.0 Å². The van der Waals surface area contributed by atoms with E-state index in [2.05, 4.69) is 0 Å². The van der Waals surface area contributed by atoms with Gasteiger partial charge in [-0.1, -0.05) is 11.6 Å². The van der Waals surface area contributed by atoms with Crippen molar-refractivity contribution in [2.45, 2.75) is 18.0 Å². The van der Waals surface area contributed by atoms with Gasteiger partial charge < -0.3 is 4.90 Å². The summed E-state index contributed by atoms with van der Waals surface area (Å²) in [4.78, 5) is 15.0. The van der Waals surface area contributed by atoms with Crippen LogP contribution in [0.25, 0.3) is 0 Å². The molecular formula is C16H23ClF3N3O3S. The van der Waals surface area contributed by atoms with Crippen LogP contribution in [0.4, 0.5) is 13.2 Å². The Bertz CT molecular complexity index is 770. The molecule has 1 aromatic rings. The number of amides is 1. The average molecular weight is 430 g/mol. The molecule has 0 fully saturated rings. The summed E-state index contributed by atoms with van der Waals surface area (Å²) in [6, 6.07) is 3.79. The lowest BCUT2D eigenvalue weighted by molar-refractivity contribution is -0.143. The number of hydrogen-bond acceptors (Lipinski definition) is 4. The number of hydrogen-bond donors (Lipinski definition) is 0. The zero-order chi connectivity index (χ0) is 21.0. The molecule has 11 heteroatoms. The van der Waals surface area contributed by atoms with Crippen LogP contribution in [0, 0.1) is 0 Å². The fraction of sp³-hybridized carbons (Fsp3) is 0.562. The maximum absolute atomic E-state index is 12.7. The van der Waals surface area contributed by atoms with Crippen LogP contribution in [0.1, 0.15) is 17.3 Å². The molecule has 0 bridgehead atoms. The van der Waals surface area contributed by atoms with E-state index in [4.69, 9.17) is 11.6 Å². The molecule has 0 heterocycles. The van der Waals surface area contributed by atoms with Crippen molar-refractivity contribution in [3.63, 3.8) is 0 Å². The van der Waals surface area contributed by atoms with Crippen molar-refractivity contribution in [1.29, 1.82) is 0 Å². The predicted octanol–water partition coefficient (Wildman–Crippen LogP) is 2.55. The van der Waals surface area contributed by atoms with Gasteiger partial charge in [-0.2, -0.15) is 13.2 Å². The molecule has 0 radical (unpaired) electrons. The van der Waals surface area contributed by atoms with Crippen LogP contribution in [0.5, 0.6) is 0 Å². The van der Waals surface area contributed by atoms with Gasteiger partial charge in [0.25, 0.3) is 5.91 Å². The molecule has 1 amide bonds. The van der Waals surface area contributed by atoms with Crippen LogP contribution < -0.4 is 0 Å². The lowest BCUT2D eigenvalue weighted by atomic mass is 10.2. The molecule has 0 N–H and O–H groups in total. The van der Waals surface area contributed by atoms with Gasteiger partial charge >= 0.3 is 6.18 Å². The molecule has 1 aromatic carbocycles. The first-order valence-electron chi connectivity index (χ1n) is 8.06. The minimum atomic E-state index is -4.33. The fourth-order valence-electron chi connectivity index (χ4n) is 2.29. The van der Waals surface area contributed by atoms with Crippen molar-refractivity contribution in [2.24, 2.45) is 0 Å². The zero-order valence-electron chi connectivity index (χ0n) is 15.5. The molecule has 0 spiro atoms. The maximum atomic E-state index is 12.7. The van der Waals surface area contributed by atoms with Crippen LogP contribution in [0.2, 0.25) is 5.02 Å². The largest absolute Gasteiger partial charge is 0.401 e. The number of benzene rings is 1. The second-order valence-electron chi connectivity index (χ2n) is 6.17. The van der Waals surface area contributed by atoms with Crippen molar-refractivity contribution < 1.29 is 26.4 Å². The van der Waals surface area contributed by atoms with E-state index in [9.17, 15) is 26.4 Å². The van der Waals surface area contributed by atoms with E-state index in [1.165, 1.54) is 44.2 Å². The van der Waals surface area contributed by atoms with Crippen LogP contribution in [-0.4, -0.2) is 81.9 Å². The van der Waals surface area contributed by atoms with E-state index in [0.717, 1.165) is 9.21 Å². The molecule has 0 saturated carbocycles. The SMILES string of the molecule is CCN(CCN(C)CC(F)(F)F)C(=O)c1cc(S(=O)(=O)N(C)C)ccc1Cl. The zero-order valence-corrected chi connectivity index (χ0v) is 17.1. The molecule has 0 unspecified atom stereocenters. The summed E-state index contributed by atoms with van der Waals surface area (Å²) in [6.45, 7) is 0.876. The molecule has 27 heavy (non-hydrogen) atoms. The number of carbonyl (C=O) groups is 1. The summed E-state index contributed by atoms with van der Waals surface area (Å²) in [5.74, 6) is -0.543. The first kappa shape index (κ1) is 23.7. The Kier molecular flexibility index (Phi) is 8.09. The number of sulfonamides is 1. The highest BCUT2D eigenvalue weighted by atomic mass is 35.5. The summed E-state index contributed by atoms with van der Waals surface area (Å²) in [7, 11) is 0.274. The molecule has 6 nitrogen and oxygen atoms in total. The summed E-state index contributed by atoms with van der Waals surface area (Å²) >= 11 is 6.06. The third-order valence-corrected chi connectivity index (χ3v) is 5.96. The van der Waals surface area contributed by atoms with Gasteiger partial charge in [0.05, 0.1) is 22.0 Å². The molecule has 0 aliphatic heterocycles. The Balaban J connectivity index is 3.02. The van der Waals surface area contributed by atoms with E-state index < -0.39 is 28.7 Å². The Morgan fingerprint density at radius 3 is 2.22 bits per heavy atom. The molecule has 0 saturated heterocycles. The Labute approximate surface area is 162 Å². The van der Waals surface area contributed by atoms with Gasteiger partial charge in [0.2, 0.25) is 10.0 Å². The number of rotatable bonds is 8. The molecule has 0 aliphatic rings. The van der Waals surface area contributed by atoms with E-state index in [-0.39, 0.29) is 35.1 Å². The summed E-state index contributed by atoms with van der Waals surface area (Å²) in [5, 5.41) is 0.0693. The Morgan fingerprint density at radius 2 is 1.74 bits per heavy atom. The van der Waals surface area contributed by atoms with Crippen molar-refractivity contribution in [2.75, 3.05) is 47.3 Å². The van der Waals surface area contributed by atoms with Crippen LogP contribution in [0.3, 0.4) is 0 Å². The molecule has 0 aliphatic carbocycles. The quantitative estimate of drug-likeness (QED) is 0.637. The van der Waals surface area contributed by atoms with Crippen LogP contribution >= 0.6 is 11.6 Å². The molecule has 0 atom stereocenters. The molecule has 0 aromatic heterocycles. The average Bonchev–Trinajstić information content (AvgIpc) is 2.53. The van der Waals surface area contributed by atoms with Crippen molar-refractivity contribution in [3.05, 3.63) is 28.8 Å². The standard InChI is InChI=1S/C16H23ClF3N3O3S/c1-5-23(9-8-22(4)11-16(18,19)20)15(24)13-10-12(6-7-14(13)17)27(25,26)21(2)3/h6-7,10H,5,8-9,11H2,1-4H3. The normalized spacial score (nSPS) is 12.7. The summed E-state index contributed by atoms with van der Waals surface area (Å²) < 4.78 is 62.7. The second-order valence-corrected chi connectivity index (χ2v) is 8.73. The van der Waals surface area contributed by atoms with Gasteiger partial charge in [-0.3, -0.25) is 9.69 Å². The molecular weight excluding hydrogens is 407 g/mol. The molecule has 154 valence electrons. The smallest absolute Gasteiger partial charge is 0.338 e. The maximum Gasteiger partial charge on any atom is 0.401 e. The number of alkyl halides is 3. The van der Waals surface area contributed by atoms with Crippen LogP contribution in [0.15, 0.2) is 23.1 Å². The monoisotopic (exact) mass is 429 g/mol. The highest BCUT2D eigenvalue weighted by Crippen LogP contribution is 2.23. The third kappa shape index (κ3) is 6.63. The lowest BCUT2D eigenvalue weighted by Gasteiger charge is -2.25. The highest BCUT2D eigenvalue weighted by molar-refractivity contribution is 7.89. The third-order valence-electron chi connectivity index (χ3n) is 3.82. The van der Waals surface area contributed by atoms with Gasteiger partial charge in [0.15, 0.2) is 0 Å². The number of carbonyl (C=O) groups excluding carboxylic acids is 1. The van der Waals surface area contributed by atoms with Crippen molar-refractivity contribution >= 4 is 27.5 Å². The predicted molar refractivity (Wildman–Crippen MR) is 97.5 cm³/mol. The van der Waals surface area contributed by atoms with E-state index >= 15 is 0 Å². The topological polar surface area (TPSA) is 60.9 Å². The highest BCUT2D eigenvalue weighted by Gasteiger charge is 2.29. The van der Waals surface area contributed by atoms with Gasteiger partial charge in [0, 0.05) is 33.7 Å². The van der Waals surface area contributed by atoms with Gasteiger partial charge in [-0.15, -0.1) is 0 Å². The second kappa shape index (κ2) is 9.22. The minimum Gasteiger partial charge on any atom is -0.338 e. The van der Waals surface area contributed by atoms with E-state index in [1.54, 1.807) is 6.92 Å². The van der Waals surface area contributed by atoms with Crippen molar-refractivity contribution in [1.82, 2.24) is 14.1 Å². The summed E-state index contributed by atoms with van der Waals surface area (Å²) in [6.07, 6.45) is -4.33. The number of likely N-dealkylation sites (N-methyl/N-ethyl adjacent to an activating group) is 2. The first-order chi connectivity index (χ1) is 12.3. The van der Waals surface area contributed by atoms with Gasteiger partial charge in [0.1, 0.15) is 0 Å². The van der Waals surface area contributed by atoms with Crippen molar-refractivity contribution in [3.8, 4) is 0 Å². The first-order valence-corrected chi connectivity index (χ1v) is 9.88. The number of halogens is 4. The lowest BCUT2D eigenvalue weighted by Crippen LogP contribution is -2.40. The van der Waals surface area contributed by atoms with Gasteiger partial charge in [-0.25, -0.2) is 12.7 Å². The van der Waals surface area contributed by atoms with E-state index in [1.807, 2.05) is 0 Å². The fourth-order valence-corrected chi connectivity index (χ4v) is 3.42. The summed E-state index contributed by atoms with van der Waals surface area (Å²) in [5.41, 5.74) is -0.0140. The number of nitrogens with zero attached hydrogens (tertiary/aromatic N) is 3. The van der Waals surface area contributed by atoms with Gasteiger partial charge in [-0.05, 0) is 32.2 Å². The Hall–Kier alpha value is -1.36. The molecule has 1 rings (SSSR count).